The Kier molecular flexibility index (Phi) is 3.31. The number of carbonyl (C=O) groups excluding carboxylic acids is 1. The first-order valence-electron chi connectivity index (χ1n) is 6.18. The Balaban J connectivity index is 2.06. The van der Waals surface area contributed by atoms with Crippen LogP contribution in [-0.4, -0.2) is 18.0 Å². The van der Waals surface area contributed by atoms with Gasteiger partial charge in [-0.15, -0.1) is 0 Å². The first-order chi connectivity index (χ1) is 10.1. The maximum absolute atomic E-state index is 12.5. The monoisotopic (exact) mass is 302 g/mol. The molecule has 0 aliphatic heterocycles. The average molecular weight is 303 g/mol. The summed E-state index contributed by atoms with van der Waals surface area (Å²) in [6.07, 6.45) is 1.37. The summed E-state index contributed by atoms with van der Waals surface area (Å²) >= 11 is 5.82. The highest BCUT2D eigenvalue weighted by molar-refractivity contribution is 6.33. The Morgan fingerprint density at radius 1 is 1.24 bits per heavy atom. The zero-order valence-electron chi connectivity index (χ0n) is 11.1. The van der Waals surface area contributed by atoms with Gasteiger partial charge in [0.1, 0.15) is 23.3 Å². The van der Waals surface area contributed by atoms with E-state index in [2.05, 4.69) is 0 Å². The highest BCUT2D eigenvalue weighted by Crippen LogP contribution is 2.32. The summed E-state index contributed by atoms with van der Waals surface area (Å²) in [6, 6.07) is 9.69. The molecule has 5 heteroatoms. The number of phenolic OH excluding ortho intramolecular Hbond substituents is 1. The largest absolute Gasteiger partial charge is 0.506 e. The van der Waals surface area contributed by atoms with Crippen LogP contribution in [0.2, 0.25) is 5.02 Å². The molecule has 0 saturated carbocycles. The second-order valence-electron chi connectivity index (χ2n) is 4.51. The van der Waals surface area contributed by atoms with Gasteiger partial charge in [0.05, 0.1) is 17.7 Å². The van der Waals surface area contributed by atoms with Gasteiger partial charge < -0.3 is 14.3 Å². The lowest BCUT2D eigenvalue weighted by molar-refractivity contribution is 0.103. The Bertz CT molecular complexity index is 818. The van der Waals surface area contributed by atoms with E-state index < -0.39 is 0 Å². The van der Waals surface area contributed by atoms with Gasteiger partial charge in [0, 0.05) is 17.0 Å². The van der Waals surface area contributed by atoms with Crippen LogP contribution in [-0.2, 0) is 0 Å². The molecule has 0 fully saturated rings. The number of aromatic hydroxyl groups is 1. The molecule has 0 aliphatic carbocycles. The molecule has 0 unspecified atom stereocenters. The summed E-state index contributed by atoms with van der Waals surface area (Å²) in [6.45, 7) is 0. The van der Waals surface area contributed by atoms with Crippen molar-refractivity contribution in [3.63, 3.8) is 0 Å². The molecule has 0 spiro atoms. The number of furan rings is 1. The van der Waals surface area contributed by atoms with E-state index in [-0.39, 0.29) is 16.6 Å². The molecule has 4 nitrogen and oxygen atoms in total. The number of hydrogen-bond acceptors (Lipinski definition) is 4. The number of fused-ring (bicyclic) bond motifs is 1. The zero-order valence-corrected chi connectivity index (χ0v) is 11.8. The second-order valence-corrected chi connectivity index (χ2v) is 4.91. The van der Waals surface area contributed by atoms with Crippen molar-refractivity contribution in [1.29, 1.82) is 0 Å². The number of ether oxygens (including phenoxy) is 1. The van der Waals surface area contributed by atoms with E-state index in [0.29, 0.717) is 27.8 Å². The van der Waals surface area contributed by atoms with Crippen LogP contribution in [0, 0.1) is 0 Å². The van der Waals surface area contributed by atoms with Gasteiger partial charge in [-0.1, -0.05) is 11.6 Å². The number of ketones is 1. The molecule has 3 aromatic rings. The van der Waals surface area contributed by atoms with Crippen LogP contribution in [0.3, 0.4) is 0 Å². The van der Waals surface area contributed by atoms with Crippen molar-refractivity contribution in [2.45, 2.75) is 0 Å². The lowest BCUT2D eigenvalue weighted by Gasteiger charge is -2.02. The van der Waals surface area contributed by atoms with Crippen LogP contribution < -0.4 is 4.74 Å². The van der Waals surface area contributed by atoms with Crippen LogP contribution in [0.15, 0.2) is 47.1 Å². The molecule has 1 aromatic heterocycles. The number of benzene rings is 2. The predicted molar refractivity (Wildman–Crippen MR) is 79.3 cm³/mol. The highest BCUT2D eigenvalue weighted by Gasteiger charge is 2.17. The first kappa shape index (κ1) is 13.5. The molecule has 1 heterocycles. The van der Waals surface area contributed by atoms with Crippen LogP contribution >= 0.6 is 11.6 Å². The summed E-state index contributed by atoms with van der Waals surface area (Å²) in [5, 5.41) is 10.4. The maximum atomic E-state index is 12.5. The summed E-state index contributed by atoms with van der Waals surface area (Å²) in [5.41, 5.74) is 1.34. The SMILES string of the molecule is COc1ccc(C(=O)c2coc3cc(Cl)c(O)cc23)cc1. The third-order valence-electron chi connectivity index (χ3n) is 3.24. The molecule has 21 heavy (non-hydrogen) atoms. The minimum absolute atomic E-state index is 0.0886. The molecular formula is C16H11ClO4. The van der Waals surface area contributed by atoms with Gasteiger partial charge >= 0.3 is 0 Å². The van der Waals surface area contributed by atoms with E-state index in [1.165, 1.54) is 18.4 Å². The van der Waals surface area contributed by atoms with Gasteiger partial charge in [-0.05, 0) is 30.3 Å². The number of halogens is 1. The Hall–Kier alpha value is -2.46. The van der Waals surface area contributed by atoms with Crippen molar-refractivity contribution < 1.29 is 19.1 Å². The molecule has 0 radical (unpaired) electrons. The van der Waals surface area contributed by atoms with E-state index in [0.717, 1.165) is 0 Å². The van der Waals surface area contributed by atoms with Crippen LogP contribution in [0.5, 0.6) is 11.5 Å². The molecule has 0 atom stereocenters. The average Bonchev–Trinajstić information content (AvgIpc) is 2.90. The molecule has 0 aliphatic rings. The second kappa shape index (κ2) is 5.14. The first-order valence-corrected chi connectivity index (χ1v) is 6.56. The zero-order chi connectivity index (χ0) is 15.0. The van der Waals surface area contributed by atoms with Gasteiger partial charge in [0.25, 0.3) is 0 Å². The van der Waals surface area contributed by atoms with Crippen molar-refractivity contribution in [2.24, 2.45) is 0 Å². The summed E-state index contributed by atoms with van der Waals surface area (Å²) < 4.78 is 10.4. The quantitative estimate of drug-likeness (QED) is 0.742. The van der Waals surface area contributed by atoms with Gasteiger partial charge in [0.2, 0.25) is 0 Å². The third-order valence-corrected chi connectivity index (χ3v) is 3.54. The molecule has 1 N–H and O–H groups in total. The minimum Gasteiger partial charge on any atom is -0.506 e. The number of phenols is 1. The molecule has 106 valence electrons. The van der Waals surface area contributed by atoms with Crippen molar-refractivity contribution in [3.05, 3.63) is 58.8 Å². The molecule has 3 rings (SSSR count). The number of methoxy groups -OCH3 is 1. The minimum atomic E-state index is -0.196. The fraction of sp³-hybridized carbons (Fsp3) is 0.0625. The molecule has 0 amide bonds. The van der Waals surface area contributed by atoms with Crippen molar-refractivity contribution in [3.8, 4) is 11.5 Å². The molecule has 0 saturated heterocycles. The number of hydrogen-bond donors (Lipinski definition) is 1. The molecule has 0 bridgehead atoms. The molecule has 2 aromatic carbocycles. The van der Waals surface area contributed by atoms with Gasteiger partial charge in [0.15, 0.2) is 5.78 Å². The van der Waals surface area contributed by atoms with E-state index in [4.69, 9.17) is 20.8 Å². The van der Waals surface area contributed by atoms with Gasteiger partial charge in [-0.2, -0.15) is 0 Å². The van der Waals surface area contributed by atoms with Crippen molar-refractivity contribution in [1.82, 2.24) is 0 Å². The Labute approximate surface area is 125 Å². The normalized spacial score (nSPS) is 10.8. The fourth-order valence-electron chi connectivity index (χ4n) is 2.11. The predicted octanol–water partition coefficient (Wildman–Crippen LogP) is 4.03. The standard InChI is InChI=1S/C16H11ClO4/c1-20-10-4-2-9(3-5-10)16(19)12-8-21-15-7-13(17)14(18)6-11(12)15/h2-8,18H,1H3. The van der Waals surface area contributed by atoms with Crippen molar-refractivity contribution in [2.75, 3.05) is 7.11 Å². The van der Waals surface area contributed by atoms with Crippen LogP contribution in [0.4, 0.5) is 0 Å². The highest BCUT2D eigenvalue weighted by atomic mass is 35.5. The number of carbonyl (C=O) groups is 1. The lowest BCUT2D eigenvalue weighted by atomic mass is 10.0. The fourth-order valence-corrected chi connectivity index (χ4v) is 2.26. The topological polar surface area (TPSA) is 59.7 Å². The van der Waals surface area contributed by atoms with E-state index in [9.17, 15) is 9.90 Å². The number of rotatable bonds is 3. The summed E-state index contributed by atoms with van der Waals surface area (Å²) in [4.78, 5) is 12.5. The Morgan fingerprint density at radius 3 is 2.62 bits per heavy atom. The van der Waals surface area contributed by atoms with E-state index in [1.54, 1.807) is 31.4 Å². The Morgan fingerprint density at radius 2 is 1.95 bits per heavy atom. The summed E-state index contributed by atoms with van der Waals surface area (Å²) in [5.74, 6) is 0.389. The lowest BCUT2D eigenvalue weighted by Crippen LogP contribution is -2.00. The third kappa shape index (κ3) is 2.34. The van der Waals surface area contributed by atoms with Gasteiger partial charge in [-0.25, -0.2) is 0 Å². The molecular weight excluding hydrogens is 292 g/mol. The smallest absolute Gasteiger partial charge is 0.196 e. The summed E-state index contributed by atoms with van der Waals surface area (Å²) in [7, 11) is 1.56. The van der Waals surface area contributed by atoms with Crippen LogP contribution in [0.1, 0.15) is 15.9 Å². The van der Waals surface area contributed by atoms with Crippen molar-refractivity contribution >= 4 is 28.4 Å². The van der Waals surface area contributed by atoms with Crippen LogP contribution in [0.25, 0.3) is 11.0 Å². The van der Waals surface area contributed by atoms with Gasteiger partial charge in [-0.3, -0.25) is 4.79 Å². The maximum Gasteiger partial charge on any atom is 0.196 e. The van der Waals surface area contributed by atoms with E-state index >= 15 is 0 Å². The van der Waals surface area contributed by atoms with E-state index in [1.807, 2.05) is 0 Å².